The minimum atomic E-state index is 0.673. The van der Waals surface area contributed by atoms with Crippen molar-refractivity contribution in [3.05, 3.63) is 35.5 Å². The van der Waals surface area contributed by atoms with Gasteiger partial charge in [0.15, 0.2) is 5.13 Å². The Hall–Kier alpha value is -1.10. The van der Waals surface area contributed by atoms with Crippen LogP contribution in [0.5, 0.6) is 0 Å². The lowest BCUT2D eigenvalue weighted by Crippen LogP contribution is -2.06. The maximum absolute atomic E-state index is 5.96. The van der Waals surface area contributed by atoms with Gasteiger partial charge < -0.3 is 10.1 Å². The van der Waals surface area contributed by atoms with Crippen LogP contribution in [0.25, 0.3) is 10.4 Å². The zero-order valence-electron chi connectivity index (χ0n) is 9.44. The summed E-state index contributed by atoms with van der Waals surface area (Å²) in [7, 11) is 1.68. The lowest BCUT2D eigenvalue weighted by atomic mass is 10.2. The van der Waals surface area contributed by atoms with Crippen LogP contribution in [0.4, 0.5) is 5.13 Å². The van der Waals surface area contributed by atoms with Gasteiger partial charge in [-0.3, -0.25) is 0 Å². The molecule has 0 saturated carbocycles. The van der Waals surface area contributed by atoms with E-state index in [4.69, 9.17) is 16.3 Å². The summed E-state index contributed by atoms with van der Waals surface area (Å²) < 4.78 is 4.97. The van der Waals surface area contributed by atoms with Gasteiger partial charge in [-0.1, -0.05) is 35.1 Å². The van der Waals surface area contributed by atoms with Gasteiger partial charge in [0.25, 0.3) is 0 Å². The van der Waals surface area contributed by atoms with E-state index in [9.17, 15) is 0 Å². The molecule has 0 spiro atoms. The zero-order valence-corrected chi connectivity index (χ0v) is 11.0. The van der Waals surface area contributed by atoms with Gasteiger partial charge >= 0.3 is 0 Å². The van der Waals surface area contributed by atoms with Crippen LogP contribution in [-0.2, 0) is 4.74 Å². The van der Waals surface area contributed by atoms with E-state index in [2.05, 4.69) is 10.3 Å². The van der Waals surface area contributed by atoms with Gasteiger partial charge in [0.05, 0.1) is 11.5 Å². The first-order valence-electron chi connectivity index (χ1n) is 5.24. The molecule has 0 saturated heterocycles. The minimum absolute atomic E-state index is 0.673. The molecule has 5 heteroatoms. The fraction of sp³-hybridized carbons (Fsp3) is 0.250. The molecule has 0 aliphatic carbocycles. The summed E-state index contributed by atoms with van der Waals surface area (Å²) in [5.41, 5.74) is 1.09. The quantitative estimate of drug-likeness (QED) is 0.843. The van der Waals surface area contributed by atoms with Crippen molar-refractivity contribution in [1.29, 1.82) is 0 Å². The third-order valence-corrected chi connectivity index (χ3v) is 3.44. The molecule has 0 atom stereocenters. The van der Waals surface area contributed by atoms with Crippen molar-refractivity contribution in [2.75, 3.05) is 25.6 Å². The van der Waals surface area contributed by atoms with Crippen molar-refractivity contribution in [1.82, 2.24) is 4.98 Å². The Labute approximate surface area is 109 Å². The smallest absolute Gasteiger partial charge is 0.183 e. The molecule has 1 aromatic heterocycles. The summed E-state index contributed by atoms with van der Waals surface area (Å²) in [5.74, 6) is 0. The van der Waals surface area contributed by atoms with E-state index < -0.39 is 0 Å². The molecule has 2 aromatic rings. The first-order chi connectivity index (χ1) is 8.29. The van der Waals surface area contributed by atoms with Crippen LogP contribution in [0.3, 0.4) is 0 Å². The Morgan fingerprint density at radius 2 is 2.35 bits per heavy atom. The Bertz CT molecular complexity index is 487. The predicted molar refractivity (Wildman–Crippen MR) is 72.9 cm³/mol. The molecule has 0 bridgehead atoms. The third-order valence-electron chi connectivity index (χ3n) is 2.20. The van der Waals surface area contributed by atoms with Gasteiger partial charge in [-0.25, -0.2) is 4.98 Å². The number of nitrogens with zero attached hydrogens (tertiary/aromatic N) is 1. The first-order valence-corrected chi connectivity index (χ1v) is 6.43. The lowest BCUT2D eigenvalue weighted by molar-refractivity contribution is 0.211. The van der Waals surface area contributed by atoms with Crippen LogP contribution in [-0.4, -0.2) is 25.2 Å². The van der Waals surface area contributed by atoms with Gasteiger partial charge in [0.2, 0.25) is 0 Å². The fourth-order valence-corrected chi connectivity index (χ4v) is 2.42. The predicted octanol–water partition coefficient (Wildman–Crippen LogP) is 3.52. The number of methoxy groups -OCH3 is 1. The Kier molecular flexibility index (Phi) is 4.36. The van der Waals surface area contributed by atoms with E-state index in [0.29, 0.717) is 6.61 Å². The number of rotatable bonds is 5. The van der Waals surface area contributed by atoms with Crippen molar-refractivity contribution in [2.45, 2.75) is 0 Å². The number of thiazole rings is 1. The summed E-state index contributed by atoms with van der Waals surface area (Å²) in [4.78, 5) is 5.41. The van der Waals surface area contributed by atoms with E-state index in [1.165, 1.54) is 0 Å². The molecular weight excluding hydrogens is 256 g/mol. The van der Waals surface area contributed by atoms with Crippen LogP contribution in [0.2, 0.25) is 5.02 Å². The number of aromatic nitrogens is 1. The van der Waals surface area contributed by atoms with Crippen LogP contribution in [0.15, 0.2) is 30.5 Å². The maximum Gasteiger partial charge on any atom is 0.183 e. The molecule has 1 aromatic carbocycles. The molecule has 0 aliphatic heterocycles. The number of nitrogens with one attached hydrogen (secondary N) is 1. The summed E-state index contributed by atoms with van der Waals surface area (Å²) in [5, 5.41) is 4.84. The van der Waals surface area contributed by atoms with Crippen molar-refractivity contribution < 1.29 is 4.74 Å². The maximum atomic E-state index is 5.96. The van der Waals surface area contributed by atoms with E-state index in [0.717, 1.165) is 27.1 Å². The molecule has 90 valence electrons. The molecule has 1 heterocycles. The second-order valence-electron chi connectivity index (χ2n) is 3.46. The number of hydrogen-bond acceptors (Lipinski definition) is 4. The van der Waals surface area contributed by atoms with Crippen LogP contribution in [0, 0.1) is 0 Å². The average molecular weight is 269 g/mol. The molecule has 0 unspecified atom stereocenters. The Balaban J connectivity index is 2.07. The highest BCUT2D eigenvalue weighted by atomic mass is 35.5. The van der Waals surface area contributed by atoms with Gasteiger partial charge in [-0.05, 0) is 17.7 Å². The normalized spacial score (nSPS) is 10.5. The number of halogens is 1. The SMILES string of the molecule is COCCNc1ncc(-c2cccc(Cl)c2)s1. The van der Waals surface area contributed by atoms with Gasteiger partial charge in [-0.15, -0.1) is 0 Å². The third kappa shape index (κ3) is 3.43. The van der Waals surface area contributed by atoms with Crippen molar-refractivity contribution in [3.63, 3.8) is 0 Å². The van der Waals surface area contributed by atoms with Gasteiger partial charge in [0, 0.05) is 24.9 Å². The minimum Gasteiger partial charge on any atom is -0.383 e. The van der Waals surface area contributed by atoms with Crippen molar-refractivity contribution in [3.8, 4) is 10.4 Å². The van der Waals surface area contributed by atoms with E-state index in [-0.39, 0.29) is 0 Å². The molecular formula is C12H13ClN2OS. The monoisotopic (exact) mass is 268 g/mol. The molecule has 1 N–H and O–H groups in total. The lowest BCUT2D eigenvalue weighted by Gasteiger charge is -2.00. The van der Waals surface area contributed by atoms with Crippen molar-refractivity contribution >= 4 is 28.1 Å². The number of hydrogen-bond donors (Lipinski definition) is 1. The first kappa shape index (κ1) is 12.4. The molecule has 0 fully saturated rings. The van der Waals surface area contributed by atoms with E-state index >= 15 is 0 Å². The average Bonchev–Trinajstić information content (AvgIpc) is 2.78. The molecule has 0 aliphatic rings. The molecule has 17 heavy (non-hydrogen) atoms. The number of ether oxygens (including phenoxy) is 1. The van der Waals surface area contributed by atoms with Gasteiger partial charge in [-0.2, -0.15) is 0 Å². The fourth-order valence-electron chi connectivity index (χ4n) is 1.39. The molecule has 2 rings (SSSR count). The molecule has 0 amide bonds. The van der Waals surface area contributed by atoms with E-state index in [1.54, 1.807) is 18.4 Å². The van der Waals surface area contributed by atoms with Crippen LogP contribution >= 0.6 is 22.9 Å². The summed E-state index contributed by atoms with van der Waals surface area (Å²) >= 11 is 7.56. The molecule has 3 nitrogen and oxygen atoms in total. The van der Waals surface area contributed by atoms with Crippen molar-refractivity contribution in [2.24, 2.45) is 0 Å². The standard InChI is InChI=1S/C12H13ClN2OS/c1-16-6-5-14-12-15-8-11(17-12)9-3-2-4-10(13)7-9/h2-4,7-8H,5-6H2,1H3,(H,14,15). The highest BCUT2D eigenvalue weighted by Gasteiger charge is 2.04. The Morgan fingerprint density at radius 1 is 1.47 bits per heavy atom. The Morgan fingerprint density at radius 3 is 3.12 bits per heavy atom. The topological polar surface area (TPSA) is 34.1 Å². The summed E-state index contributed by atoms with van der Waals surface area (Å²) in [6.45, 7) is 1.44. The summed E-state index contributed by atoms with van der Waals surface area (Å²) in [6.07, 6.45) is 1.85. The zero-order chi connectivity index (χ0) is 12.1. The second-order valence-corrected chi connectivity index (χ2v) is 4.93. The summed E-state index contributed by atoms with van der Waals surface area (Å²) in [6, 6.07) is 7.77. The number of anilines is 1. The van der Waals surface area contributed by atoms with Gasteiger partial charge in [0.1, 0.15) is 0 Å². The highest BCUT2D eigenvalue weighted by Crippen LogP contribution is 2.30. The van der Waals surface area contributed by atoms with E-state index in [1.807, 2.05) is 30.5 Å². The second kappa shape index (κ2) is 6.00. The number of benzene rings is 1. The molecule has 0 radical (unpaired) electrons. The van der Waals surface area contributed by atoms with Crippen LogP contribution in [0.1, 0.15) is 0 Å². The highest BCUT2D eigenvalue weighted by molar-refractivity contribution is 7.18. The largest absolute Gasteiger partial charge is 0.383 e. The van der Waals surface area contributed by atoms with Crippen LogP contribution < -0.4 is 5.32 Å².